The van der Waals surface area contributed by atoms with Crippen LogP contribution in [0.15, 0.2) is 94.9 Å². The van der Waals surface area contributed by atoms with Crippen LogP contribution >= 0.6 is 11.8 Å². The number of thioether (sulfide) groups is 1. The van der Waals surface area contributed by atoms with E-state index in [0.29, 0.717) is 0 Å². The number of methoxy groups -OCH3 is 1. The fraction of sp³-hybridized carbons (Fsp3) is 0.345. The van der Waals surface area contributed by atoms with E-state index in [9.17, 15) is 10.3 Å². The minimum atomic E-state index is -0.724. The maximum atomic E-state index is 11.7. The summed E-state index contributed by atoms with van der Waals surface area (Å²) in [5, 5.41) is 4.12. The van der Waals surface area contributed by atoms with Crippen LogP contribution in [0.25, 0.3) is 10.4 Å². The Kier molecular flexibility index (Phi) is 10.6. The van der Waals surface area contributed by atoms with Gasteiger partial charge in [0, 0.05) is 16.7 Å². The summed E-state index contributed by atoms with van der Waals surface area (Å²) in [6, 6.07) is 26.2. The summed E-state index contributed by atoms with van der Waals surface area (Å²) in [4.78, 5) is 15.8. The van der Waals surface area contributed by atoms with Gasteiger partial charge in [0.15, 0.2) is 0 Å². The van der Waals surface area contributed by atoms with E-state index >= 15 is 0 Å². The van der Waals surface area contributed by atoms with Crippen molar-refractivity contribution in [3.63, 3.8) is 0 Å². The van der Waals surface area contributed by atoms with Gasteiger partial charge in [0.05, 0.1) is 26.4 Å². The minimum Gasteiger partial charge on any atom is -0.497 e. The van der Waals surface area contributed by atoms with Gasteiger partial charge in [0.25, 0.3) is 0 Å². The van der Waals surface area contributed by atoms with E-state index < -0.39 is 35.8 Å². The monoisotopic (exact) mass is 549 g/mol. The third kappa shape index (κ3) is 8.23. The number of esters is 1. The van der Waals surface area contributed by atoms with Crippen molar-refractivity contribution in [2.24, 2.45) is 5.11 Å². The lowest BCUT2D eigenvalue weighted by Crippen LogP contribution is -2.59. The highest BCUT2D eigenvalue weighted by Crippen LogP contribution is 2.38. The zero-order valence-electron chi connectivity index (χ0n) is 21.8. The fourth-order valence-corrected chi connectivity index (χ4v) is 5.34. The second-order valence-electron chi connectivity index (χ2n) is 8.86. The molecule has 0 amide bonds. The lowest BCUT2D eigenvalue weighted by molar-refractivity contribution is -0.210. The van der Waals surface area contributed by atoms with E-state index in [1.807, 2.05) is 84.9 Å². The van der Waals surface area contributed by atoms with E-state index in [1.54, 1.807) is 7.11 Å². The molecule has 0 aliphatic carbocycles. The third-order valence-electron chi connectivity index (χ3n) is 6.13. The molecule has 1 heterocycles. The summed E-state index contributed by atoms with van der Waals surface area (Å²) < 4.78 is 29.9. The summed E-state index contributed by atoms with van der Waals surface area (Å²) in [7, 11) is 1.61. The molecule has 3 aromatic rings. The van der Waals surface area contributed by atoms with Crippen LogP contribution in [-0.2, 0) is 37.0 Å². The van der Waals surface area contributed by atoms with Crippen LogP contribution in [-0.4, -0.2) is 49.5 Å². The Labute approximate surface area is 232 Å². The second-order valence-corrected chi connectivity index (χ2v) is 10.0. The van der Waals surface area contributed by atoms with Crippen molar-refractivity contribution in [2.45, 2.75) is 54.8 Å². The molecule has 9 nitrogen and oxygen atoms in total. The molecule has 5 atom stereocenters. The lowest BCUT2D eigenvalue weighted by atomic mass is 9.97. The van der Waals surface area contributed by atoms with Gasteiger partial charge < -0.3 is 23.7 Å². The summed E-state index contributed by atoms with van der Waals surface area (Å²) in [5.41, 5.74) is 10.8. The van der Waals surface area contributed by atoms with Crippen LogP contribution in [0.2, 0.25) is 0 Å². The molecule has 0 unspecified atom stereocenters. The molecule has 204 valence electrons. The minimum absolute atomic E-state index is 0.0390. The molecule has 0 spiro atoms. The summed E-state index contributed by atoms with van der Waals surface area (Å²) in [5.74, 6) is 0.305. The lowest BCUT2D eigenvalue weighted by Gasteiger charge is -2.44. The van der Waals surface area contributed by atoms with Gasteiger partial charge in [-0.1, -0.05) is 77.5 Å². The second kappa shape index (κ2) is 14.6. The van der Waals surface area contributed by atoms with Gasteiger partial charge in [0.1, 0.15) is 36.0 Å². The number of ether oxygens (including phenoxy) is 5. The van der Waals surface area contributed by atoms with E-state index in [0.717, 1.165) is 21.8 Å². The topological polar surface area (TPSA) is 112 Å². The Morgan fingerprint density at radius 1 is 0.923 bits per heavy atom. The van der Waals surface area contributed by atoms with Gasteiger partial charge in [0.2, 0.25) is 0 Å². The van der Waals surface area contributed by atoms with E-state index in [1.165, 1.54) is 18.7 Å². The number of nitrogens with zero attached hydrogens (tertiary/aromatic N) is 3. The number of azide groups is 1. The summed E-state index contributed by atoms with van der Waals surface area (Å²) in [6.07, 6.45) is -2.05. The van der Waals surface area contributed by atoms with Crippen LogP contribution < -0.4 is 4.74 Å². The molecule has 0 bridgehead atoms. The van der Waals surface area contributed by atoms with Crippen molar-refractivity contribution < 1.29 is 28.5 Å². The van der Waals surface area contributed by atoms with Crippen LogP contribution in [0.1, 0.15) is 18.1 Å². The third-order valence-corrected chi connectivity index (χ3v) is 7.30. The largest absolute Gasteiger partial charge is 0.497 e. The Bertz CT molecular complexity index is 1220. The normalized spacial score (nSPS) is 22.5. The fourth-order valence-electron chi connectivity index (χ4n) is 4.21. The zero-order valence-corrected chi connectivity index (χ0v) is 22.6. The molecule has 1 aliphatic heterocycles. The molecule has 1 fully saturated rings. The summed E-state index contributed by atoms with van der Waals surface area (Å²) >= 11 is 1.42. The molecule has 1 saturated heterocycles. The molecular weight excluding hydrogens is 518 g/mol. The van der Waals surface area contributed by atoms with Crippen molar-refractivity contribution in [1.82, 2.24) is 0 Å². The van der Waals surface area contributed by atoms with Crippen LogP contribution in [0.4, 0.5) is 0 Å². The number of benzene rings is 3. The van der Waals surface area contributed by atoms with Crippen molar-refractivity contribution >= 4 is 17.7 Å². The predicted molar refractivity (Wildman–Crippen MR) is 147 cm³/mol. The molecule has 0 N–H and O–H groups in total. The number of hydrogen-bond acceptors (Lipinski definition) is 8. The van der Waals surface area contributed by atoms with Gasteiger partial charge in [-0.25, -0.2) is 0 Å². The molecular formula is C29H31N3O6S. The van der Waals surface area contributed by atoms with Gasteiger partial charge in [-0.3, -0.25) is 4.79 Å². The Hall–Kier alpha value is -3.53. The quantitative estimate of drug-likeness (QED) is 0.119. The first-order chi connectivity index (χ1) is 19.1. The average molecular weight is 550 g/mol. The van der Waals surface area contributed by atoms with Crippen molar-refractivity contribution in [2.75, 3.05) is 13.7 Å². The highest BCUT2D eigenvalue weighted by Gasteiger charge is 2.48. The Balaban J connectivity index is 1.64. The summed E-state index contributed by atoms with van der Waals surface area (Å²) in [6.45, 7) is 1.81. The molecule has 10 heteroatoms. The number of carbonyl (C=O) groups is 1. The van der Waals surface area contributed by atoms with E-state index in [4.69, 9.17) is 23.7 Å². The van der Waals surface area contributed by atoms with Crippen molar-refractivity contribution in [3.8, 4) is 5.75 Å². The van der Waals surface area contributed by atoms with Gasteiger partial charge in [-0.15, -0.1) is 0 Å². The molecule has 4 rings (SSSR count). The SMILES string of the molecule is COc1ccc(CO[C@H]2[C@H](OCc3ccccc3)[C@@H](N=[N+]=[N-])[C@H](Sc3ccccc3)O[C@@H]2COC(C)=O)cc1. The highest BCUT2D eigenvalue weighted by atomic mass is 32.2. The van der Waals surface area contributed by atoms with Gasteiger partial charge in [-0.05, 0) is 40.9 Å². The maximum absolute atomic E-state index is 11.7. The van der Waals surface area contributed by atoms with E-state index in [2.05, 4.69) is 10.0 Å². The van der Waals surface area contributed by atoms with Crippen LogP contribution in [0.3, 0.4) is 0 Å². The van der Waals surface area contributed by atoms with Crippen LogP contribution in [0.5, 0.6) is 5.75 Å². The first-order valence-electron chi connectivity index (χ1n) is 12.5. The molecule has 1 aliphatic rings. The number of carbonyl (C=O) groups excluding carboxylic acids is 1. The molecule has 0 aromatic heterocycles. The van der Waals surface area contributed by atoms with Crippen molar-refractivity contribution in [1.29, 1.82) is 0 Å². The molecule has 3 aromatic carbocycles. The highest BCUT2D eigenvalue weighted by molar-refractivity contribution is 7.99. The maximum Gasteiger partial charge on any atom is 0.302 e. The molecule has 39 heavy (non-hydrogen) atoms. The Morgan fingerprint density at radius 2 is 1.54 bits per heavy atom. The van der Waals surface area contributed by atoms with Gasteiger partial charge >= 0.3 is 5.97 Å². The zero-order chi connectivity index (χ0) is 27.5. The first-order valence-corrected chi connectivity index (χ1v) is 13.4. The number of hydrogen-bond donors (Lipinski definition) is 0. The average Bonchev–Trinajstić information content (AvgIpc) is 2.97. The van der Waals surface area contributed by atoms with Crippen molar-refractivity contribution in [3.05, 3.63) is 106 Å². The Morgan fingerprint density at radius 3 is 2.15 bits per heavy atom. The standard InChI is InChI=1S/C29H31N3O6S/c1-20(33)35-19-25-27(36-18-22-13-15-23(34-2)16-14-22)28(37-17-21-9-5-3-6-10-21)26(31-32-30)29(38-25)39-24-11-7-4-8-12-24/h3-16,25-29H,17-19H2,1-2H3/t25-,26-,27-,28-,29+/m1/s1. The smallest absolute Gasteiger partial charge is 0.302 e. The van der Waals surface area contributed by atoms with Crippen LogP contribution in [0, 0.1) is 0 Å². The molecule has 0 saturated carbocycles. The predicted octanol–water partition coefficient (Wildman–Crippen LogP) is 5.93. The van der Waals surface area contributed by atoms with Gasteiger partial charge in [-0.2, -0.15) is 0 Å². The number of rotatable bonds is 12. The van der Waals surface area contributed by atoms with E-state index in [-0.39, 0.29) is 19.8 Å². The first kappa shape index (κ1) is 28.5. The molecule has 0 radical (unpaired) electrons.